The lowest BCUT2D eigenvalue weighted by Crippen LogP contribution is -1.99. The van der Waals surface area contributed by atoms with E-state index in [9.17, 15) is 0 Å². The van der Waals surface area contributed by atoms with Gasteiger partial charge in [-0.3, -0.25) is 0 Å². The molecule has 2 nitrogen and oxygen atoms in total. The monoisotopic (exact) mass is 134 g/mol. The Morgan fingerprint density at radius 2 is 1.78 bits per heavy atom. The van der Waals surface area contributed by atoms with E-state index in [0.29, 0.717) is 12.8 Å². The Morgan fingerprint density at radius 1 is 1.33 bits per heavy atom. The third-order valence-corrected chi connectivity index (χ3v) is 0.780. The number of aliphatic hydroxyl groups excluding tert-OH is 2. The molecule has 0 saturated carbocycles. The van der Waals surface area contributed by atoms with Crippen molar-refractivity contribution in [2.24, 2.45) is 0 Å². The maximum atomic E-state index is 8.57. The summed E-state index contributed by atoms with van der Waals surface area (Å²) in [5.74, 6) is 0. The van der Waals surface area contributed by atoms with E-state index in [1.165, 1.54) is 0 Å². The highest BCUT2D eigenvalue weighted by molar-refractivity contribution is 4.43. The summed E-state index contributed by atoms with van der Waals surface area (Å²) >= 11 is 0. The van der Waals surface area contributed by atoms with E-state index in [2.05, 4.69) is 0 Å². The van der Waals surface area contributed by atoms with Crippen LogP contribution in [0, 0.1) is 0 Å². The van der Waals surface area contributed by atoms with Gasteiger partial charge in [-0.1, -0.05) is 13.8 Å². The van der Waals surface area contributed by atoms with Crippen LogP contribution in [0.25, 0.3) is 0 Å². The zero-order chi connectivity index (χ0) is 7.70. The van der Waals surface area contributed by atoms with Crippen molar-refractivity contribution in [3.8, 4) is 0 Å². The summed E-state index contributed by atoms with van der Waals surface area (Å²) in [4.78, 5) is 0. The molecule has 0 spiro atoms. The van der Waals surface area contributed by atoms with Crippen LogP contribution in [-0.2, 0) is 0 Å². The molecule has 0 fully saturated rings. The molecule has 0 aliphatic carbocycles. The van der Waals surface area contributed by atoms with Crippen molar-refractivity contribution >= 4 is 0 Å². The van der Waals surface area contributed by atoms with Crippen molar-refractivity contribution in [3.63, 3.8) is 0 Å². The molecule has 0 rings (SSSR count). The van der Waals surface area contributed by atoms with Crippen molar-refractivity contribution in [1.29, 1.82) is 0 Å². The Balaban J connectivity index is 0. The second-order valence-corrected chi connectivity index (χ2v) is 1.71. The molecule has 0 saturated heterocycles. The van der Waals surface area contributed by atoms with Crippen LogP contribution in [0.15, 0.2) is 0 Å². The van der Waals surface area contributed by atoms with Gasteiger partial charge in [0.05, 0.1) is 6.10 Å². The zero-order valence-corrected chi connectivity index (χ0v) is 6.59. The first-order valence-electron chi connectivity index (χ1n) is 3.56. The SMILES string of the molecule is CC.CC(O)CCCO. The molecule has 0 heterocycles. The topological polar surface area (TPSA) is 40.5 Å². The van der Waals surface area contributed by atoms with Crippen LogP contribution in [0.4, 0.5) is 0 Å². The maximum Gasteiger partial charge on any atom is 0.0513 e. The summed E-state index contributed by atoms with van der Waals surface area (Å²) in [5, 5.41) is 16.8. The molecule has 2 heteroatoms. The molecule has 0 aromatic rings. The van der Waals surface area contributed by atoms with Crippen LogP contribution in [0.3, 0.4) is 0 Å². The Morgan fingerprint density at radius 3 is 1.89 bits per heavy atom. The Hall–Kier alpha value is -0.0800. The second kappa shape index (κ2) is 10.8. The minimum absolute atomic E-state index is 0.185. The normalized spacial score (nSPS) is 11.7. The Bertz CT molecular complexity index is 35.9. The van der Waals surface area contributed by atoms with Crippen molar-refractivity contribution in [2.45, 2.75) is 39.7 Å². The van der Waals surface area contributed by atoms with Crippen LogP contribution in [-0.4, -0.2) is 22.9 Å². The third-order valence-electron chi connectivity index (χ3n) is 0.780. The molecule has 1 unspecified atom stereocenters. The van der Waals surface area contributed by atoms with Gasteiger partial charge in [0.25, 0.3) is 0 Å². The Kier molecular flexibility index (Phi) is 14.0. The van der Waals surface area contributed by atoms with Crippen molar-refractivity contribution in [2.75, 3.05) is 6.61 Å². The first-order valence-corrected chi connectivity index (χ1v) is 3.56. The van der Waals surface area contributed by atoms with Gasteiger partial charge in [0, 0.05) is 6.61 Å². The predicted molar refractivity (Wildman–Crippen MR) is 39.3 cm³/mol. The zero-order valence-electron chi connectivity index (χ0n) is 6.59. The number of aliphatic hydroxyl groups is 2. The fourth-order valence-corrected chi connectivity index (χ4v) is 0.387. The van der Waals surface area contributed by atoms with Gasteiger partial charge >= 0.3 is 0 Å². The lowest BCUT2D eigenvalue weighted by molar-refractivity contribution is 0.167. The van der Waals surface area contributed by atoms with Crippen LogP contribution in [0.2, 0.25) is 0 Å². The summed E-state index contributed by atoms with van der Waals surface area (Å²) in [6, 6.07) is 0. The largest absolute Gasteiger partial charge is 0.396 e. The van der Waals surface area contributed by atoms with Gasteiger partial charge in [-0.25, -0.2) is 0 Å². The molecule has 0 aliphatic heterocycles. The van der Waals surface area contributed by atoms with Gasteiger partial charge in [-0.15, -0.1) is 0 Å². The van der Waals surface area contributed by atoms with E-state index in [1.54, 1.807) is 6.92 Å². The number of hydrogen-bond donors (Lipinski definition) is 2. The van der Waals surface area contributed by atoms with E-state index in [-0.39, 0.29) is 12.7 Å². The highest BCUT2D eigenvalue weighted by Crippen LogP contribution is 1.92. The average Bonchev–Trinajstić information content (AvgIpc) is 1.88. The fraction of sp³-hybridized carbons (Fsp3) is 1.00. The van der Waals surface area contributed by atoms with Crippen molar-refractivity contribution in [1.82, 2.24) is 0 Å². The van der Waals surface area contributed by atoms with Crippen LogP contribution >= 0.6 is 0 Å². The lowest BCUT2D eigenvalue weighted by atomic mass is 10.2. The third kappa shape index (κ3) is 18.1. The lowest BCUT2D eigenvalue weighted by Gasteiger charge is -1.98. The molecule has 0 aliphatic rings. The minimum Gasteiger partial charge on any atom is -0.396 e. The van der Waals surface area contributed by atoms with Gasteiger partial charge < -0.3 is 10.2 Å². The quantitative estimate of drug-likeness (QED) is 0.608. The van der Waals surface area contributed by atoms with Crippen molar-refractivity contribution < 1.29 is 10.2 Å². The molecule has 0 aromatic carbocycles. The van der Waals surface area contributed by atoms with E-state index in [4.69, 9.17) is 10.2 Å². The molecular formula is C7H18O2. The molecule has 0 radical (unpaired) electrons. The molecule has 0 amide bonds. The van der Waals surface area contributed by atoms with Crippen LogP contribution in [0.1, 0.15) is 33.6 Å². The molecule has 2 N–H and O–H groups in total. The van der Waals surface area contributed by atoms with Crippen molar-refractivity contribution in [3.05, 3.63) is 0 Å². The van der Waals surface area contributed by atoms with Gasteiger partial charge in [-0.2, -0.15) is 0 Å². The summed E-state index contributed by atoms with van der Waals surface area (Å²) in [6.45, 7) is 5.90. The van der Waals surface area contributed by atoms with E-state index < -0.39 is 0 Å². The highest BCUT2D eigenvalue weighted by Gasteiger charge is 1.90. The summed E-state index contributed by atoms with van der Waals surface area (Å²) in [7, 11) is 0. The highest BCUT2D eigenvalue weighted by atomic mass is 16.3. The van der Waals surface area contributed by atoms with Crippen LogP contribution < -0.4 is 0 Å². The fourth-order valence-electron chi connectivity index (χ4n) is 0.387. The average molecular weight is 134 g/mol. The second-order valence-electron chi connectivity index (χ2n) is 1.71. The number of hydrogen-bond acceptors (Lipinski definition) is 2. The summed E-state index contributed by atoms with van der Waals surface area (Å²) < 4.78 is 0. The minimum atomic E-state index is -0.257. The van der Waals surface area contributed by atoms with E-state index in [0.717, 1.165) is 0 Å². The van der Waals surface area contributed by atoms with E-state index in [1.807, 2.05) is 13.8 Å². The molecule has 1 atom stereocenters. The van der Waals surface area contributed by atoms with Gasteiger partial charge in [-0.05, 0) is 19.8 Å². The molecular weight excluding hydrogens is 116 g/mol. The summed E-state index contributed by atoms with van der Waals surface area (Å²) in [6.07, 6.45) is 1.15. The van der Waals surface area contributed by atoms with Gasteiger partial charge in [0.2, 0.25) is 0 Å². The molecule has 0 aromatic heterocycles. The molecule has 58 valence electrons. The smallest absolute Gasteiger partial charge is 0.0513 e. The van der Waals surface area contributed by atoms with E-state index >= 15 is 0 Å². The van der Waals surface area contributed by atoms with Gasteiger partial charge in [0.15, 0.2) is 0 Å². The van der Waals surface area contributed by atoms with Gasteiger partial charge in [0.1, 0.15) is 0 Å². The Labute approximate surface area is 57.5 Å². The molecule has 0 bridgehead atoms. The maximum absolute atomic E-state index is 8.57. The molecule has 9 heavy (non-hydrogen) atoms. The summed E-state index contributed by atoms with van der Waals surface area (Å²) in [5.41, 5.74) is 0. The standard InChI is InChI=1S/C5H12O2.C2H6/c1-5(7)3-2-4-6;1-2/h5-7H,2-4H2,1H3;1-2H3. The number of rotatable bonds is 3. The first-order chi connectivity index (χ1) is 4.27. The predicted octanol–water partition coefficient (Wildman–Crippen LogP) is 1.17. The van der Waals surface area contributed by atoms with Crippen LogP contribution in [0.5, 0.6) is 0 Å². The first kappa shape index (κ1) is 11.7.